The van der Waals surface area contributed by atoms with Crippen molar-refractivity contribution < 1.29 is 18.7 Å². The Kier molecular flexibility index (Phi) is 6.48. The Bertz CT molecular complexity index is 878. The van der Waals surface area contributed by atoms with Crippen molar-refractivity contribution in [1.29, 1.82) is 0 Å². The highest BCUT2D eigenvalue weighted by Gasteiger charge is 2.29. The molecule has 1 aromatic heterocycles. The largest absolute Gasteiger partial charge is 0.444 e. The van der Waals surface area contributed by atoms with Gasteiger partial charge in [-0.15, -0.1) is 0 Å². The topological polar surface area (TPSA) is 54.8 Å². The molecule has 1 aliphatic heterocycles. The molecule has 2 amide bonds. The number of hydrogen-bond donors (Lipinski definition) is 0. The van der Waals surface area contributed by atoms with Crippen molar-refractivity contribution in [2.45, 2.75) is 51.8 Å². The molecule has 3 rings (SSSR count). The van der Waals surface area contributed by atoms with Gasteiger partial charge in [0.25, 0.3) is 5.91 Å². The maximum absolute atomic E-state index is 13.1. The van der Waals surface area contributed by atoms with Gasteiger partial charge in [-0.3, -0.25) is 4.79 Å². The summed E-state index contributed by atoms with van der Waals surface area (Å²) in [5, 5.41) is 0. The molecule has 162 valence electrons. The number of rotatable bonds is 4. The van der Waals surface area contributed by atoms with Gasteiger partial charge in [0, 0.05) is 38.9 Å². The predicted octanol–water partition coefficient (Wildman–Crippen LogP) is 4.47. The van der Waals surface area contributed by atoms with E-state index in [4.69, 9.17) is 4.74 Å². The normalized spacial score (nSPS) is 15.2. The summed E-state index contributed by atoms with van der Waals surface area (Å²) in [5.41, 5.74) is 0.981. The molecule has 0 radical (unpaired) electrons. The summed E-state index contributed by atoms with van der Waals surface area (Å²) in [6.07, 6.45) is 3.15. The molecule has 1 aliphatic rings. The molecule has 0 spiro atoms. The second-order valence-electron chi connectivity index (χ2n) is 8.79. The first-order valence-corrected chi connectivity index (χ1v) is 10.3. The van der Waals surface area contributed by atoms with E-state index in [9.17, 15) is 14.0 Å². The van der Waals surface area contributed by atoms with Crippen LogP contribution < -0.4 is 0 Å². The number of aromatic nitrogens is 1. The number of piperidine rings is 1. The molecule has 0 unspecified atom stereocenters. The molecule has 0 bridgehead atoms. The fourth-order valence-corrected chi connectivity index (χ4v) is 3.68. The van der Waals surface area contributed by atoms with Gasteiger partial charge in [-0.05, 0) is 63.4 Å². The summed E-state index contributed by atoms with van der Waals surface area (Å²) < 4.78 is 20.6. The molecular formula is C23H30FN3O3. The van der Waals surface area contributed by atoms with Gasteiger partial charge in [-0.2, -0.15) is 0 Å². The van der Waals surface area contributed by atoms with Crippen molar-refractivity contribution in [3.8, 4) is 0 Å². The van der Waals surface area contributed by atoms with Gasteiger partial charge in [-0.25, -0.2) is 9.18 Å². The molecule has 0 atom stereocenters. The second-order valence-corrected chi connectivity index (χ2v) is 8.79. The van der Waals surface area contributed by atoms with Crippen LogP contribution in [-0.2, 0) is 11.3 Å². The third kappa shape index (κ3) is 5.40. The number of nitrogens with zero attached hydrogens (tertiary/aromatic N) is 3. The summed E-state index contributed by atoms with van der Waals surface area (Å²) in [6.45, 7) is 7.17. The molecule has 0 N–H and O–H groups in total. The van der Waals surface area contributed by atoms with Crippen molar-refractivity contribution in [3.05, 3.63) is 59.7 Å². The Hall–Kier alpha value is -2.83. The van der Waals surface area contributed by atoms with E-state index in [2.05, 4.69) is 0 Å². The number of carbonyl (C=O) groups is 2. The molecule has 2 aromatic rings. The van der Waals surface area contributed by atoms with E-state index < -0.39 is 5.60 Å². The molecule has 1 aromatic carbocycles. The smallest absolute Gasteiger partial charge is 0.410 e. The highest BCUT2D eigenvalue weighted by molar-refractivity contribution is 5.92. The van der Waals surface area contributed by atoms with E-state index >= 15 is 0 Å². The van der Waals surface area contributed by atoms with Crippen LogP contribution in [0.2, 0.25) is 0 Å². The lowest BCUT2D eigenvalue weighted by Crippen LogP contribution is -2.42. The molecule has 0 saturated carbocycles. The summed E-state index contributed by atoms with van der Waals surface area (Å²) in [5.74, 6) is -0.377. The average Bonchev–Trinajstić information content (AvgIpc) is 3.17. The minimum atomic E-state index is -0.511. The lowest BCUT2D eigenvalue weighted by molar-refractivity contribution is 0.0186. The monoisotopic (exact) mass is 415 g/mol. The van der Waals surface area contributed by atoms with Crippen LogP contribution in [0, 0.1) is 5.82 Å². The molecular weight excluding hydrogens is 385 g/mol. The fraction of sp³-hybridized carbons (Fsp3) is 0.478. The standard InChI is InChI=1S/C23H30FN3O3/c1-23(2,3)30-22(29)26-14-11-19(12-15-26)27-13-5-6-20(27)21(28)25(4)16-17-7-9-18(24)10-8-17/h5-10,13,19H,11-12,14-16H2,1-4H3. The van der Waals surface area contributed by atoms with E-state index in [1.165, 1.54) is 12.1 Å². The lowest BCUT2D eigenvalue weighted by atomic mass is 10.0. The first kappa shape index (κ1) is 21.9. The van der Waals surface area contributed by atoms with Gasteiger partial charge in [0.2, 0.25) is 0 Å². The number of amides is 2. The third-order valence-electron chi connectivity index (χ3n) is 5.19. The molecule has 0 aliphatic carbocycles. The van der Waals surface area contributed by atoms with Crippen LogP contribution in [0.25, 0.3) is 0 Å². The Balaban J connectivity index is 1.62. The minimum Gasteiger partial charge on any atom is -0.444 e. The first-order valence-electron chi connectivity index (χ1n) is 10.3. The van der Waals surface area contributed by atoms with Crippen molar-refractivity contribution in [1.82, 2.24) is 14.4 Å². The quantitative estimate of drug-likeness (QED) is 0.740. The van der Waals surface area contributed by atoms with Gasteiger partial charge in [0.15, 0.2) is 0 Å². The average molecular weight is 416 g/mol. The molecule has 6 nitrogen and oxygen atoms in total. The van der Waals surface area contributed by atoms with Crippen LogP contribution in [0.4, 0.5) is 9.18 Å². The summed E-state index contributed by atoms with van der Waals surface area (Å²) in [4.78, 5) is 28.7. The van der Waals surface area contributed by atoms with E-state index in [1.54, 1.807) is 29.0 Å². The molecule has 7 heteroatoms. The van der Waals surface area contributed by atoms with Crippen LogP contribution in [0.15, 0.2) is 42.6 Å². The van der Waals surface area contributed by atoms with Gasteiger partial charge < -0.3 is 19.1 Å². The lowest BCUT2D eigenvalue weighted by Gasteiger charge is -2.34. The van der Waals surface area contributed by atoms with Gasteiger partial charge in [0.05, 0.1) is 0 Å². The van der Waals surface area contributed by atoms with Crippen LogP contribution >= 0.6 is 0 Å². The van der Waals surface area contributed by atoms with E-state index in [0.29, 0.717) is 25.3 Å². The Labute approximate surface area is 177 Å². The minimum absolute atomic E-state index is 0.0844. The predicted molar refractivity (Wildman–Crippen MR) is 113 cm³/mol. The van der Waals surface area contributed by atoms with Gasteiger partial charge in [0.1, 0.15) is 17.1 Å². The first-order chi connectivity index (χ1) is 14.1. The highest BCUT2D eigenvalue weighted by atomic mass is 19.1. The fourth-order valence-electron chi connectivity index (χ4n) is 3.68. The van der Waals surface area contributed by atoms with Crippen molar-refractivity contribution in [2.75, 3.05) is 20.1 Å². The Morgan fingerprint density at radius 2 is 1.77 bits per heavy atom. The number of likely N-dealkylation sites (tertiary alicyclic amines) is 1. The van der Waals surface area contributed by atoms with Crippen LogP contribution in [0.3, 0.4) is 0 Å². The third-order valence-corrected chi connectivity index (χ3v) is 5.19. The number of carbonyl (C=O) groups excluding carboxylic acids is 2. The van der Waals surface area contributed by atoms with Crippen LogP contribution in [0.1, 0.15) is 55.7 Å². The van der Waals surface area contributed by atoms with Crippen molar-refractivity contribution >= 4 is 12.0 Å². The number of halogens is 1. The molecule has 1 fully saturated rings. The maximum atomic E-state index is 13.1. The van der Waals surface area contributed by atoms with Crippen LogP contribution in [-0.4, -0.2) is 52.1 Å². The number of ether oxygens (including phenoxy) is 1. The van der Waals surface area contributed by atoms with E-state index in [0.717, 1.165) is 18.4 Å². The van der Waals surface area contributed by atoms with Gasteiger partial charge in [-0.1, -0.05) is 12.1 Å². The number of hydrogen-bond acceptors (Lipinski definition) is 3. The zero-order chi connectivity index (χ0) is 21.9. The molecule has 30 heavy (non-hydrogen) atoms. The van der Waals surface area contributed by atoms with E-state index in [1.807, 2.05) is 43.7 Å². The molecule has 1 saturated heterocycles. The second kappa shape index (κ2) is 8.90. The zero-order valence-electron chi connectivity index (χ0n) is 18.1. The highest BCUT2D eigenvalue weighted by Crippen LogP contribution is 2.26. The van der Waals surface area contributed by atoms with Crippen LogP contribution in [0.5, 0.6) is 0 Å². The maximum Gasteiger partial charge on any atom is 0.410 e. The summed E-state index contributed by atoms with van der Waals surface area (Å²) in [6, 6.07) is 10.0. The molecule has 2 heterocycles. The Morgan fingerprint density at radius 1 is 1.13 bits per heavy atom. The van der Waals surface area contributed by atoms with E-state index in [-0.39, 0.29) is 23.9 Å². The number of benzene rings is 1. The van der Waals surface area contributed by atoms with Gasteiger partial charge >= 0.3 is 6.09 Å². The summed E-state index contributed by atoms with van der Waals surface area (Å²) in [7, 11) is 1.74. The SMILES string of the molecule is CN(Cc1ccc(F)cc1)C(=O)c1cccn1C1CCN(C(=O)OC(C)(C)C)CC1. The Morgan fingerprint density at radius 3 is 2.37 bits per heavy atom. The van der Waals surface area contributed by atoms with Crippen molar-refractivity contribution in [2.24, 2.45) is 0 Å². The summed E-state index contributed by atoms with van der Waals surface area (Å²) >= 11 is 0. The zero-order valence-corrected chi connectivity index (χ0v) is 18.1. The van der Waals surface area contributed by atoms with Crippen molar-refractivity contribution in [3.63, 3.8) is 0 Å².